The first-order valence-electron chi connectivity index (χ1n) is 6.11. The number of nitrogens with two attached hydrogens (primary N) is 1. The number of hydrogen-bond donors (Lipinski definition) is 2. The third kappa shape index (κ3) is 3.26. The van der Waals surface area contributed by atoms with Gasteiger partial charge in [0.05, 0.1) is 6.54 Å². The number of nitrogen functional groups attached to an aromatic ring is 1. The maximum absolute atomic E-state index is 13.6. The van der Waals surface area contributed by atoms with Crippen LogP contribution in [0.2, 0.25) is 0 Å². The van der Waals surface area contributed by atoms with Crippen molar-refractivity contribution in [3.63, 3.8) is 0 Å². The van der Waals surface area contributed by atoms with E-state index in [4.69, 9.17) is 5.73 Å². The Balaban J connectivity index is 2.15. The predicted molar refractivity (Wildman–Crippen MR) is 71.8 cm³/mol. The molecule has 1 saturated carbocycles. The lowest BCUT2D eigenvalue weighted by molar-refractivity contribution is -0.121. The van der Waals surface area contributed by atoms with Crippen molar-refractivity contribution >= 4 is 21.6 Å². The molecule has 2 rings (SSSR count). The smallest absolute Gasteiger partial charge is 0.246 e. The number of anilines is 1. The average molecular weight is 301 g/mol. The van der Waals surface area contributed by atoms with Crippen LogP contribution >= 0.6 is 0 Å². The molecular weight excluding hydrogens is 285 g/mol. The van der Waals surface area contributed by atoms with Crippen molar-refractivity contribution in [2.24, 2.45) is 0 Å². The van der Waals surface area contributed by atoms with E-state index in [-0.39, 0.29) is 18.3 Å². The van der Waals surface area contributed by atoms with Crippen molar-refractivity contribution in [2.75, 3.05) is 19.3 Å². The molecule has 0 atom stereocenters. The number of hydrogen-bond acceptors (Lipinski definition) is 4. The predicted octanol–water partition coefficient (Wildman–Crippen LogP) is 0.307. The van der Waals surface area contributed by atoms with Gasteiger partial charge in [-0.2, -0.15) is 4.31 Å². The summed E-state index contributed by atoms with van der Waals surface area (Å²) < 4.78 is 38.8. The van der Waals surface area contributed by atoms with E-state index in [0.717, 1.165) is 29.3 Å². The Kier molecular flexibility index (Phi) is 3.96. The standard InChI is InChI=1S/C12H16FN3O3S/c1-16(7-12(17)15-9-3-4-9)20(18,19)11-6-8(14)2-5-10(11)13/h2,5-6,9H,3-4,7,14H2,1H3,(H,15,17). The molecule has 1 aromatic rings. The molecule has 3 N–H and O–H groups in total. The van der Waals surface area contributed by atoms with Crippen LogP contribution in [0.1, 0.15) is 12.8 Å². The first kappa shape index (κ1) is 14.7. The molecule has 0 aliphatic heterocycles. The number of nitrogens with one attached hydrogen (secondary N) is 1. The highest BCUT2D eigenvalue weighted by Gasteiger charge is 2.28. The number of halogens is 1. The quantitative estimate of drug-likeness (QED) is 0.765. The van der Waals surface area contributed by atoms with Gasteiger partial charge in [0.15, 0.2) is 0 Å². The summed E-state index contributed by atoms with van der Waals surface area (Å²) in [5.74, 6) is -1.29. The van der Waals surface area contributed by atoms with E-state index >= 15 is 0 Å². The van der Waals surface area contributed by atoms with Crippen molar-refractivity contribution in [1.29, 1.82) is 0 Å². The van der Waals surface area contributed by atoms with Crippen LogP contribution in [-0.4, -0.2) is 38.3 Å². The lowest BCUT2D eigenvalue weighted by Crippen LogP contribution is -2.39. The molecule has 1 aromatic carbocycles. The van der Waals surface area contributed by atoms with Gasteiger partial charge < -0.3 is 11.1 Å². The second-order valence-electron chi connectivity index (χ2n) is 4.79. The fraction of sp³-hybridized carbons (Fsp3) is 0.417. The van der Waals surface area contributed by atoms with Crippen molar-refractivity contribution < 1.29 is 17.6 Å². The molecule has 0 aromatic heterocycles. The Morgan fingerprint density at radius 1 is 1.50 bits per heavy atom. The monoisotopic (exact) mass is 301 g/mol. The number of carbonyl (C=O) groups is 1. The SMILES string of the molecule is CN(CC(=O)NC1CC1)S(=O)(=O)c1cc(N)ccc1F. The van der Waals surface area contributed by atoms with Gasteiger partial charge in [0.2, 0.25) is 15.9 Å². The summed E-state index contributed by atoms with van der Waals surface area (Å²) in [6.45, 7) is -0.354. The molecule has 6 nitrogen and oxygen atoms in total. The molecule has 0 saturated heterocycles. The van der Waals surface area contributed by atoms with Gasteiger partial charge in [-0.1, -0.05) is 0 Å². The third-order valence-electron chi connectivity index (χ3n) is 2.95. The van der Waals surface area contributed by atoms with Gasteiger partial charge in [-0.15, -0.1) is 0 Å². The zero-order valence-electron chi connectivity index (χ0n) is 11.0. The van der Waals surface area contributed by atoms with Crippen LogP contribution in [0.25, 0.3) is 0 Å². The Hall–Kier alpha value is -1.67. The average Bonchev–Trinajstić information content (AvgIpc) is 3.15. The van der Waals surface area contributed by atoms with E-state index in [9.17, 15) is 17.6 Å². The van der Waals surface area contributed by atoms with Gasteiger partial charge in [-0.05, 0) is 31.0 Å². The molecule has 0 radical (unpaired) electrons. The highest BCUT2D eigenvalue weighted by molar-refractivity contribution is 7.89. The Morgan fingerprint density at radius 2 is 2.15 bits per heavy atom. The second kappa shape index (κ2) is 5.37. The van der Waals surface area contributed by atoms with E-state index in [2.05, 4.69) is 5.32 Å². The van der Waals surface area contributed by atoms with Gasteiger partial charge in [0, 0.05) is 18.8 Å². The fourth-order valence-corrected chi connectivity index (χ4v) is 2.90. The van der Waals surface area contributed by atoms with E-state index in [1.807, 2.05) is 0 Å². The Labute approximate surface area is 116 Å². The van der Waals surface area contributed by atoms with Crippen LogP contribution in [0.5, 0.6) is 0 Å². The summed E-state index contributed by atoms with van der Waals surface area (Å²) in [4.78, 5) is 11.1. The van der Waals surface area contributed by atoms with Crippen molar-refractivity contribution in [1.82, 2.24) is 9.62 Å². The number of sulfonamides is 1. The molecular formula is C12H16FN3O3S. The Bertz CT molecular complexity index is 629. The molecule has 1 amide bonds. The van der Waals surface area contributed by atoms with Crippen LogP contribution in [0.4, 0.5) is 10.1 Å². The summed E-state index contributed by atoms with van der Waals surface area (Å²) in [5.41, 5.74) is 5.61. The number of rotatable bonds is 5. The lowest BCUT2D eigenvalue weighted by Gasteiger charge is -2.17. The first-order chi connectivity index (χ1) is 9.30. The number of likely N-dealkylation sites (N-methyl/N-ethyl adjacent to an activating group) is 1. The van der Waals surface area contributed by atoms with Gasteiger partial charge in [0.25, 0.3) is 0 Å². The molecule has 110 valence electrons. The molecule has 1 aliphatic rings. The van der Waals surface area contributed by atoms with Crippen LogP contribution in [0.15, 0.2) is 23.1 Å². The van der Waals surface area contributed by atoms with Gasteiger partial charge >= 0.3 is 0 Å². The van der Waals surface area contributed by atoms with Crippen LogP contribution in [-0.2, 0) is 14.8 Å². The maximum atomic E-state index is 13.6. The molecule has 0 spiro atoms. The number of carbonyl (C=O) groups excluding carboxylic acids is 1. The summed E-state index contributed by atoms with van der Waals surface area (Å²) in [7, 11) is -2.86. The van der Waals surface area contributed by atoms with Crippen LogP contribution in [0, 0.1) is 5.82 Å². The summed E-state index contributed by atoms with van der Waals surface area (Å²) in [6, 6.07) is 3.44. The minimum atomic E-state index is -4.09. The summed E-state index contributed by atoms with van der Waals surface area (Å²) in [5, 5.41) is 2.67. The van der Waals surface area contributed by atoms with Crippen LogP contribution < -0.4 is 11.1 Å². The first-order valence-corrected chi connectivity index (χ1v) is 7.55. The third-order valence-corrected chi connectivity index (χ3v) is 4.77. The molecule has 1 aliphatic carbocycles. The molecule has 8 heteroatoms. The van der Waals surface area contributed by atoms with E-state index in [1.165, 1.54) is 13.1 Å². The summed E-state index contributed by atoms with van der Waals surface area (Å²) >= 11 is 0. The minimum Gasteiger partial charge on any atom is -0.399 e. The topological polar surface area (TPSA) is 92.5 Å². The summed E-state index contributed by atoms with van der Waals surface area (Å²) in [6.07, 6.45) is 1.82. The van der Waals surface area contributed by atoms with Gasteiger partial charge in [0.1, 0.15) is 10.7 Å². The fourth-order valence-electron chi connectivity index (χ4n) is 1.67. The molecule has 0 unspecified atom stereocenters. The minimum absolute atomic E-state index is 0.140. The second-order valence-corrected chi connectivity index (χ2v) is 6.81. The molecule has 0 heterocycles. The molecule has 20 heavy (non-hydrogen) atoms. The maximum Gasteiger partial charge on any atom is 0.246 e. The largest absolute Gasteiger partial charge is 0.399 e. The molecule has 0 bridgehead atoms. The van der Waals surface area contributed by atoms with Crippen molar-refractivity contribution in [2.45, 2.75) is 23.8 Å². The zero-order valence-corrected chi connectivity index (χ0v) is 11.8. The molecule has 1 fully saturated rings. The number of amides is 1. The van der Waals surface area contributed by atoms with Gasteiger partial charge in [-0.3, -0.25) is 4.79 Å². The van der Waals surface area contributed by atoms with Crippen molar-refractivity contribution in [3.8, 4) is 0 Å². The van der Waals surface area contributed by atoms with Crippen molar-refractivity contribution in [3.05, 3.63) is 24.0 Å². The zero-order chi connectivity index (χ0) is 14.9. The lowest BCUT2D eigenvalue weighted by atomic mass is 10.3. The van der Waals surface area contributed by atoms with E-state index < -0.39 is 26.6 Å². The van der Waals surface area contributed by atoms with E-state index in [1.54, 1.807) is 0 Å². The van der Waals surface area contributed by atoms with Crippen LogP contribution in [0.3, 0.4) is 0 Å². The number of benzene rings is 1. The highest BCUT2D eigenvalue weighted by atomic mass is 32.2. The number of nitrogens with zero attached hydrogens (tertiary/aromatic N) is 1. The van der Waals surface area contributed by atoms with E-state index in [0.29, 0.717) is 0 Å². The Morgan fingerprint density at radius 3 is 2.75 bits per heavy atom. The highest BCUT2D eigenvalue weighted by Crippen LogP contribution is 2.21. The normalized spacial score (nSPS) is 15.3. The van der Waals surface area contributed by atoms with Gasteiger partial charge in [-0.25, -0.2) is 12.8 Å².